The van der Waals surface area contributed by atoms with Crippen molar-refractivity contribution in [2.75, 3.05) is 0 Å². The van der Waals surface area contributed by atoms with Gasteiger partial charge in [0.05, 0.1) is 6.54 Å². The molecule has 0 amide bonds. The molecule has 0 bridgehead atoms. The molecule has 160 valence electrons. The quantitative estimate of drug-likeness (QED) is 0.421. The Morgan fingerprint density at radius 2 is 1.84 bits per heavy atom. The summed E-state index contributed by atoms with van der Waals surface area (Å²) in [6, 6.07) is 11.9. The summed E-state index contributed by atoms with van der Waals surface area (Å²) in [4.78, 5) is 21.6. The van der Waals surface area contributed by atoms with Gasteiger partial charge in [-0.3, -0.25) is 9.36 Å². The van der Waals surface area contributed by atoms with E-state index < -0.39 is 0 Å². The highest BCUT2D eigenvalue weighted by Crippen LogP contribution is 2.19. The molecule has 0 radical (unpaired) electrons. The highest BCUT2D eigenvalue weighted by molar-refractivity contribution is 5.67. The third kappa shape index (κ3) is 3.66. The maximum Gasteiger partial charge on any atom is 0.283 e. The van der Waals surface area contributed by atoms with Gasteiger partial charge in [0.15, 0.2) is 11.2 Å². The fourth-order valence-corrected chi connectivity index (χ4v) is 3.33. The standard InChI is InChI=1S/C22H18FN7O2/c1-13-3-6-16(9-14(13)2)20-25-18(32-27-20)11-29-12-24-21-19(22(29)31)26-28-30(21)10-15-4-7-17(23)8-5-15/h3-9,12H,10-11H2,1-2H3. The van der Waals surface area contributed by atoms with E-state index in [4.69, 9.17) is 4.52 Å². The SMILES string of the molecule is Cc1ccc(-c2noc(Cn3cnc4c(nnn4Cc4ccc(F)cc4)c3=O)n2)cc1C. The molecule has 9 nitrogen and oxygen atoms in total. The molecule has 0 N–H and O–H groups in total. The van der Waals surface area contributed by atoms with Crippen LogP contribution in [0.2, 0.25) is 0 Å². The molecule has 0 aliphatic carbocycles. The van der Waals surface area contributed by atoms with Crippen molar-refractivity contribution < 1.29 is 8.91 Å². The Morgan fingerprint density at radius 3 is 2.62 bits per heavy atom. The van der Waals surface area contributed by atoms with E-state index in [0.29, 0.717) is 18.0 Å². The van der Waals surface area contributed by atoms with Gasteiger partial charge in [-0.2, -0.15) is 4.98 Å². The molecule has 0 saturated heterocycles. The van der Waals surface area contributed by atoms with E-state index in [1.807, 2.05) is 32.0 Å². The maximum atomic E-state index is 13.1. The molecule has 0 saturated carbocycles. The molecule has 10 heteroatoms. The van der Waals surface area contributed by atoms with Crippen molar-refractivity contribution in [2.24, 2.45) is 0 Å². The Hall–Kier alpha value is -4.21. The fraction of sp³-hybridized carbons (Fsp3) is 0.182. The van der Waals surface area contributed by atoms with E-state index in [2.05, 4.69) is 25.4 Å². The van der Waals surface area contributed by atoms with E-state index in [-0.39, 0.29) is 29.3 Å². The van der Waals surface area contributed by atoms with Crippen LogP contribution >= 0.6 is 0 Å². The van der Waals surface area contributed by atoms with Crippen LogP contribution in [0.5, 0.6) is 0 Å². The first kappa shape index (κ1) is 19.7. The summed E-state index contributed by atoms with van der Waals surface area (Å²) in [5.41, 5.74) is 4.06. The largest absolute Gasteiger partial charge is 0.337 e. The van der Waals surface area contributed by atoms with Gasteiger partial charge in [0.2, 0.25) is 11.7 Å². The number of aromatic nitrogens is 7. The second-order valence-corrected chi connectivity index (χ2v) is 7.53. The summed E-state index contributed by atoms with van der Waals surface area (Å²) >= 11 is 0. The minimum Gasteiger partial charge on any atom is -0.337 e. The van der Waals surface area contributed by atoms with Gasteiger partial charge in [-0.05, 0) is 48.7 Å². The first-order valence-corrected chi connectivity index (χ1v) is 9.91. The number of halogens is 1. The van der Waals surface area contributed by atoms with Crippen molar-refractivity contribution in [3.05, 3.63) is 87.5 Å². The summed E-state index contributed by atoms with van der Waals surface area (Å²) in [5.74, 6) is 0.413. The summed E-state index contributed by atoms with van der Waals surface area (Å²) in [5, 5.41) is 12.0. The second-order valence-electron chi connectivity index (χ2n) is 7.53. The molecule has 5 aromatic rings. The number of rotatable bonds is 5. The molecule has 32 heavy (non-hydrogen) atoms. The predicted molar refractivity (Wildman–Crippen MR) is 113 cm³/mol. The molecule has 0 atom stereocenters. The van der Waals surface area contributed by atoms with Crippen molar-refractivity contribution in [2.45, 2.75) is 26.9 Å². The van der Waals surface area contributed by atoms with Gasteiger partial charge >= 0.3 is 0 Å². The van der Waals surface area contributed by atoms with Crippen LogP contribution in [0.1, 0.15) is 22.6 Å². The van der Waals surface area contributed by atoms with Gasteiger partial charge in [0, 0.05) is 5.56 Å². The molecule has 0 spiro atoms. The molecular weight excluding hydrogens is 413 g/mol. The summed E-state index contributed by atoms with van der Waals surface area (Å²) in [6.07, 6.45) is 1.40. The monoisotopic (exact) mass is 431 g/mol. The molecule has 5 rings (SSSR count). The zero-order valence-corrected chi connectivity index (χ0v) is 17.4. The van der Waals surface area contributed by atoms with Crippen LogP contribution in [0, 0.1) is 19.7 Å². The fourth-order valence-electron chi connectivity index (χ4n) is 3.33. The number of aryl methyl sites for hydroxylation is 2. The number of nitrogens with zero attached hydrogens (tertiary/aromatic N) is 7. The topological polar surface area (TPSA) is 105 Å². The van der Waals surface area contributed by atoms with Gasteiger partial charge in [-0.1, -0.05) is 34.6 Å². The maximum absolute atomic E-state index is 13.1. The highest BCUT2D eigenvalue weighted by Gasteiger charge is 2.15. The lowest BCUT2D eigenvalue weighted by Crippen LogP contribution is -2.21. The molecule has 3 heterocycles. The van der Waals surface area contributed by atoms with Crippen LogP contribution in [0.3, 0.4) is 0 Å². The Labute approximate surface area is 181 Å². The Kier molecular flexibility index (Phi) is 4.81. The van der Waals surface area contributed by atoms with Crippen LogP contribution < -0.4 is 5.56 Å². The summed E-state index contributed by atoms with van der Waals surface area (Å²) in [7, 11) is 0. The van der Waals surface area contributed by atoms with Crippen LogP contribution in [0.4, 0.5) is 4.39 Å². The first-order valence-electron chi connectivity index (χ1n) is 9.91. The molecule has 3 aromatic heterocycles. The van der Waals surface area contributed by atoms with Crippen molar-refractivity contribution in [3.63, 3.8) is 0 Å². The molecule has 0 aliphatic rings. The number of hydrogen-bond donors (Lipinski definition) is 0. The Balaban J connectivity index is 1.40. The third-order valence-corrected chi connectivity index (χ3v) is 5.28. The van der Waals surface area contributed by atoms with Gasteiger partial charge < -0.3 is 4.52 Å². The van der Waals surface area contributed by atoms with Gasteiger partial charge in [0.1, 0.15) is 18.7 Å². The van der Waals surface area contributed by atoms with E-state index in [1.165, 1.54) is 33.3 Å². The minimum atomic E-state index is -0.369. The zero-order valence-electron chi connectivity index (χ0n) is 17.4. The zero-order chi connectivity index (χ0) is 22.2. The van der Waals surface area contributed by atoms with Crippen molar-refractivity contribution in [1.29, 1.82) is 0 Å². The van der Waals surface area contributed by atoms with E-state index in [1.54, 1.807) is 12.1 Å². The van der Waals surface area contributed by atoms with Crippen LogP contribution in [0.25, 0.3) is 22.6 Å². The Morgan fingerprint density at radius 1 is 1.03 bits per heavy atom. The van der Waals surface area contributed by atoms with E-state index in [0.717, 1.165) is 16.7 Å². The van der Waals surface area contributed by atoms with Crippen LogP contribution in [-0.4, -0.2) is 34.7 Å². The number of fused-ring (bicyclic) bond motifs is 1. The van der Waals surface area contributed by atoms with E-state index in [9.17, 15) is 9.18 Å². The van der Waals surface area contributed by atoms with Crippen molar-refractivity contribution in [1.82, 2.24) is 34.7 Å². The van der Waals surface area contributed by atoms with Crippen molar-refractivity contribution >= 4 is 11.2 Å². The Bertz CT molecular complexity index is 1480. The van der Waals surface area contributed by atoms with Crippen LogP contribution in [0.15, 0.2) is 58.1 Å². The average Bonchev–Trinajstić information content (AvgIpc) is 3.41. The highest BCUT2D eigenvalue weighted by atomic mass is 19.1. The second kappa shape index (κ2) is 7.80. The predicted octanol–water partition coefficient (Wildman–Crippen LogP) is 2.89. The number of hydrogen-bond acceptors (Lipinski definition) is 7. The van der Waals surface area contributed by atoms with Crippen molar-refractivity contribution in [3.8, 4) is 11.4 Å². The van der Waals surface area contributed by atoms with Crippen LogP contribution in [-0.2, 0) is 13.1 Å². The smallest absolute Gasteiger partial charge is 0.283 e. The molecule has 0 unspecified atom stereocenters. The first-order chi connectivity index (χ1) is 15.5. The van der Waals surface area contributed by atoms with Gasteiger partial charge in [-0.15, -0.1) is 5.10 Å². The van der Waals surface area contributed by atoms with E-state index >= 15 is 0 Å². The minimum absolute atomic E-state index is 0.0600. The normalized spacial score (nSPS) is 11.3. The van der Waals surface area contributed by atoms with Gasteiger partial charge in [-0.25, -0.2) is 14.1 Å². The lowest BCUT2D eigenvalue weighted by atomic mass is 10.1. The number of benzene rings is 2. The lowest BCUT2D eigenvalue weighted by molar-refractivity contribution is 0.369. The summed E-state index contributed by atoms with van der Waals surface area (Å²) in [6.45, 7) is 4.43. The molecular formula is C22H18FN7O2. The molecule has 2 aromatic carbocycles. The lowest BCUT2D eigenvalue weighted by Gasteiger charge is -2.03. The summed E-state index contributed by atoms with van der Waals surface area (Å²) < 4.78 is 21.3. The van der Waals surface area contributed by atoms with Gasteiger partial charge in [0.25, 0.3) is 5.56 Å². The molecule has 0 fully saturated rings. The molecule has 0 aliphatic heterocycles. The third-order valence-electron chi connectivity index (χ3n) is 5.28. The average molecular weight is 431 g/mol.